The Kier molecular flexibility index (Phi) is 2.66. The van der Waals surface area contributed by atoms with Crippen molar-refractivity contribution >= 4 is 22.4 Å². The Morgan fingerprint density at radius 2 is 2.10 bits per heavy atom. The molecular formula is C17H15N3S. The maximum absolute atomic E-state index is 9.07. The number of rotatable bonds is 2. The molecule has 0 amide bonds. The first kappa shape index (κ1) is 12.6. The number of benzene rings is 1. The van der Waals surface area contributed by atoms with E-state index in [2.05, 4.69) is 30.6 Å². The summed E-state index contributed by atoms with van der Waals surface area (Å²) in [7, 11) is 0. The second-order valence-electron chi connectivity index (χ2n) is 5.70. The van der Waals surface area contributed by atoms with Gasteiger partial charge in [0, 0.05) is 10.9 Å². The number of nitriles is 1. The minimum absolute atomic E-state index is 0.570. The number of aromatic nitrogens is 2. The fourth-order valence-electron chi connectivity index (χ4n) is 2.73. The van der Waals surface area contributed by atoms with Gasteiger partial charge in [0.2, 0.25) is 0 Å². The van der Waals surface area contributed by atoms with E-state index in [0.29, 0.717) is 11.6 Å². The van der Waals surface area contributed by atoms with Crippen LogP contribution in [0.4, 0.5) is 0 Å². The molecule has 104 valence electrons. The zero-order chi connectivity index (χ0) is 14.6. The van der Waals surface area contributed by atoms with Crippen LogP contribution in [-0.2, 0) is 0 Å². The van der Waals surface area contributed by atoms with Crippen LogP contribution in [0.15, 0.2) is 24.3 Å². The average Bonchev–Trinajstić information content (AvgIpc) is 3.17. The maximum atomic E-state index is 9.07. The van der Waals surface area contributed by atoms with Crippen molar-refractivity contribution in [3.63, 3.8) is 0 Å². The van der Waals surface area contributed by atoms with Gasteiger partial charge in [-0.2, -0.15) is 5.26 Å². The Labute approximate surface area is 127 Å². The van der Waals surface area contributed by atoms with E-state index >= 15 is 0 Å². The second-order valence-corrected chi connectivity index (χ2v) is 6.96. The van der Waals surface area contributed by atoms with Crippen molar-refractivity contribution in [2.24, 2.45) is 0 Å². The Bertz CT molecular complexity index is 871. The van der Waals surface area contributed by atoms with Crippen molar-refractivity contribution in [2.75, 3.05) is 0 Å². The zero-order valence-electron chi connectivity index (χ0n) is 12.1. The van der Waals surface area contributed by atoms with Gasteiger partial charge in [0.15, 0.2) is 5.82 Å². The van der Waals surface area contributed by atoms with Crippen LogP contribution >= 0.6 is 11.3 Å². The van der Waals surface area contributed by atoms with E-state index in [4.69, 9.17) is 10.2 Å². The summed E-state index contributed by atoms with van der Waals surface area (Å²) in [5.41, 5.74) is 4.07. The van der Waals surface area contributed by atoms with Gasteiger partial charge in [0.25, 0.3) is 0 Å². The molecule has 1 aromatic carbocycles. The molecule has 0 spiro atoms. The van der Waals surface area contributed by atoms with Crippen LogP contribution in [0, 0.1) is 25.2 Å². The van der Waals surface area contributed by atoms with Crippen molar-refractivity contribution in [2.45, 2.75) is 32.7 Å². The van der Waals surface area contributed by atoms with E-state index in [0.717, 1.165) is 16.9 Å². The number of thiophene rings is 1. The number of hydrogen-bond acceptors (Lipinski definition) is 3. The monoisotopic (exact) mass is 293 g/mol. The third-order valence-corrected chi connectivity index (χ3v) is 5.27. The summed E-state index contributed by atoms with van der Waals surface area (Å²) in [6.07, 6.45) is 2.45. The van der Waals surface area contributed by atoms with Gasteiger partial charge in [0.05, 0.1) is 27.5 Å². The highest BCUT2D eigenvalue weighted by atomic mass is 32.1. The molecule has 3 aromatic rings. The standard InChI is InChI=1S/C17H15N3S/c1-10-7-16(21-11(10)2)17-19-14-8-12(9-18)3-6-15(14)20(17)13-4-5-13/h3,6-8,13H,4-5H2,1-2H3. The summed E-state index contributed by atoms with van der Waals surface area (Å²) in [6, 6.07) is 10.8. The Morgan fingerprint density at radius 1 is 1.29 bits per heavy atom. The van der Waals surface area contributed by atoms with Gasteiger partial charge in [-0.25, -0.2) is 4.98 Å². The molecule has 1 aliphatic carbocycles. The molecule has 4 heteroatoms. The van der Waals surface area contributed by atoms with Gasteiger partial charge < -0.3 is 4.57 Å². The quantitative estimate of drug-likeness (QED) is 0.693. The number of fused-ring (bicyclic) bond motifs is 1. The topological polar surface area (TPSA) is 41.6 Å². The normalized spacial score (nSPS) is 14.5. The number of aryl methyl sites for hydroxylation is 2. The molecule has 0 aliphatic heterocycles. The van der Waals surface area contributed by atoms with Crippen LogP contribution in [0.3, 0.4) is 0 Å². The highest BCUT2D eigenvalue weighted by Crippen LogP contribution is 2.43. The van der Waals surface area contributed by atoms with E-state index in [9.17, 15) is 0 Å². The van der Waals surface area contributed by atoms with Gasteiger partial charge >= 0.3 is 0 Å². The Hall–Kier alpha value is -2.12. The zero-order valence-corrected chi connectivity index (χ0v) is 12.9. The molecule has 3 nitrogen and oxygen atoms in total. The van der Waals surface area contributed by atoms with Crippen LogP contribution < -0.4 is 0 Å². The minimum atomic E-state index is 0.570. The molecule has 0 bridgehead atoms. The SMILES string of the molecule is Cc1cc(-c2nc3cc(C#N)ccc3n2C2CC2)sc1C. The first-order chi connectivity index (χ1) is 10.2. The second kappa shape index (κ2) is 4.44. The molecule has 1 fully saturated rings. The van der Waals surface area contributed by atoms with E-state index < -0.39 is 0 Å². The van der Waals surface area contributed by atoms with Gasteiger partial charge in [-0.15, -0.1) is 11.3 Å². The first-order valence-corrected chi connectivity index (χ1v) is 7.98. The fourth-order valence-corrected chi connectivity index (χ4v) is 3.75. The maximum Gasteiger partial charge on any atom is 0.151 e. The van der Waals surface area contributed by atoms with Crippen molar-refractivity contribution in [1.29, 1.82) is 5.26 Å². The Balaban J connectivity index is 1.99. The lowest BCUT2D eigenvalue weighted by Gasteiger charge is -2.05. The molecule has 1 aliphatic rings. The molecule has 21 heavy (non-hydrogen) atoms. The number of hydrogen-bond donors (Lipinski definition) is 0. The molecule has 1 saturated carbocycles. The third kappa shape index (κ3) is 1.97. The summed E-state index contributed by atoms with van der Waals surface area (Å²) in [6.45, 7) is 4.30. The lowest BCUT2D eigenvalue weighted by Crippen LogP contribution is -1.96. The van der Waals surface area contributed by atoms with E-state index in [1.807, 2.05) is 18.2 Å². The van der Waals surface area contributed by atoms with Crippen LogP contribution in [0.2, 0.25) is 0 Å². The van der Waals surface area contributed by atoms with Crippen molar-refractivity contribution in [1.82, 2.24) is 9.55 Å². The van der Waals surface area contributed by atoms with E-state index in [1.54, 1.807) is 11.3 Å². The van der Waals surface area contributed by atoms with Gasteiger partial charge in [-0.3, -0.25) is 0 Å². The molecule has 0 radical (unpaired) electrons. The predicted molar refractivity (Wildman–Crippen MR) is 85.5 cm³/mol. The van der Waals surface area contributed by atoms with Crippen molar-refractivity contribution in [3.8, 4) is 16.8 Å². The minimum Gasteiger partial charge on any atom is -0.320 e. The largest absolute Gasteiger partial charge is 0.320 e. The van der Waals surface area contributed by atoms with Gasteiger partial charge in [0.1, 0.15) is 0 Å². The van der Waals surface area contributed by atoms with Crippen LogP contribution in [0.5, 0.6) is 0 Å². The molecule has 0 N–H and O–H groups in total. The van der Waals surface area contributed by atoms with E-state index in [1.165, 1.54) is 28.2 Å². The summed E-state index contributed by atoms with van der Waals surface area (Å²) < 4.78 is 2.36. The summed E-state index contributed by atoms with van der Waals surface area (Å²) in [4.78, 5) is 7.40. The smallest absolute Gasteiger partial charge is 0.151 e. The molecule has 2 heterocycles. The first-order valence-electron chi connectivity index (χ1n) is 7.17. The van der Waals surface area contributed by atoms with Crippen LogP contribution in [0.25, 0.3) is 21.7 Å². The van der Waals surface area contributed by atoms with Gasteiger partial charge in [-0.05, 0) is 56.5 Å². The molecule has 0 unspecified atom stereocenters. The lowest BCUT2D eigenvalue weighted by atomic mass is 10.2. The van der Waals surface area contributed by atoms with E-state index in [-0.39, 0.29) is 0 Å². The highest BCUT2D eigenvalue weighted by molar-refractivity contribution is 7.15. The lowest BCUT2D eigenvalue weighted by molar-refractivity contribution is 0.776. The molecular weight excluding hydrogens is 278 g/mol. The van der Waals surface area contributed by atoms with Crippen molar-refractivity contribution in [3.05, 3.63) is 40.3 Å². The average molecular weight is 293 g/mol. The summed E-state index contributed by atoms with van der Waals surface area (Å²) in [5.74, 6) is 1.06. The Morgan fingerprint density at radius 3 is 2.71 bits per heavy atom. The predicted octanol–water partition coefficient (Wildman–Crippen LogP) is 4.59. The molecule has 0 saturated heterocycles. The fraction of sp³-hybridized carbons (Fsp3) is 0.294. The summed E-state index contributed by atoms with van der Waals surface area (Å²) in [5, 5.41) is 9.07. The molecule has 4 rings (SSSR count). The van der Waals surface area contributed by atoms with Crippen molar-refractivity contribution < 1.29 is 0 Å². The van der Waals surface area contributed by atoms with Crippen LogP contribution in [0.1, 0.15) is 34.9 Å². The van der Waals surface area contributed by atoms with Gasteiger partial charge in [-0.1, -0.05) is 0 Å². The molecule has 2 aromatic heterocycles. The molecule has 0 atom stereocenters. The number of imidazole rings is 1. The number of nitrogens with zero attached hydrogens (tertiary/aromatic N) is 3. The third-order valence-electron chi connectivity index (χ3n) is 4.12. The summed E-state index contributed by atoms with van der Waals surface area (Å²) >= 11 is 1.80. The highest BCUT2D eigenvalue weighted by Gasteiger charge is 2.29. The van der Waals surface area contributed by atoms with Crippen LogP contribution in [-0.4, -0.2) is 9.55 Å².